The smallest absolute Gasteiger partial charge is 0.336 e. The summed E-state index contributed by atoms with van der Waals surface area (Å²) in [4.78, 5) is 48.8. The van der Waals surface area contributed by atoms with E-state index in [4.69, 9.17) is 33.8 Å². The summed E-state index contributed by atoms with van der Waals surface area (Å²) in [5.41, 5.74) is -0.0656. The van der Waals surface area contributed by atoms with Crippen LogP contribution in [-0.4, -0.2) is 94.6 Å². The molecule has 42 heavy (non-hydrogen) atoms. The topological polar surface area (TPSA) is 196 Å². The van der Waals surface area contributed by atoms with Gasteiger partial charge in [0.05, 0.1) is 58.1 Å². The Bertz CT molecular complexity index is 1400. The quantitative estimate of drug-likeness (QED) is 0.305. The van der Waals surface area contributed by atoms with Crippen LogP contribution in [0.5, 0.6) is 23.4 Å². The standard InChI is InChI=1S/C28H33N3O11/c1-5-41-21-9-15-16-8-14(42-23(34)12-28(37,26(35)36)11-22(32)33)6-7-19(16)30-24(17(15)10-20(21)38-2)18-13-29-27(40-4)31-25(18)39-3/h9-10,13-14,16,19,37H,5-8,11-12H2,1-4H3,(H,32,33)(H,35,36)/t14-,16-,19-,28?/m1/s1. The maximum absolute atomic E-state index is 12.7. The van der Waals surface area contributed by atoms with E-state index in [9.17, 15) is 24.6 Å². The minimum Gasteiger partial charge on any atom is -0.493 e. The molecule has 4 atom stereocenters. The van der Waals surface area contributed by atoms with Gasteiger partial charge in [-0.15, -0.1) is 0 Å². The Labute approximate surface area is 241 Å². The highest BCUT2D eigenvalue weighted by Crippen LogP contribution is 2.46. The first kappa shape index (κ1) is 30.5. The molecule has 3 N–H and O–H groups in total. The summed E-state index contributed by atoms with van der Waals surface area (Å²) in [6.45, 7) is 2.25. The number of nitrogens with zero attached hydrogens (tertiary/aromatic N) is 3. The normalized spacial score (nSPS) is 20.6. The van der Waals surface area contributed by atoms with Gasteiger partial charge in [-0.25, -0.2) is 9.78 Å². The van der Waals surface area contributed by atoms with Crippen molar-refractivity contribution in [3.63, 3.8) is 0 Å². The number of carboxylic acids is 2. The van der Waals surface area contributed by atoms with Gasteiger partial charge in [0.15, 0.2) is 17.1 Å². The van der Waals surface area contributed by atoms with Gasteiger partial charge in [-0.05, 0) is 43.9 Å². The number of benzene rings is 1. The molecule has 1 aromatic heterocycles. The molecular formula is C28H33N3O11. The summed E-state index contributed by atoms with van der Waals surface area (Å²) < 4.78 is 27.7. The van der Waals surface area contributed by atoms with Gasteiger partial charge in [0.2, 0.25) is 5.88 Å². The number of carboxylic acid groups (broad SMARTS) is 2. The number of methoxy groups -OCH3 is 3. The molecule has 0 saturated heterocycles. The van der Waals surface area contributed by atoms with E-state index in [-0.39, 0.29) is 23.9 Å². The second-order valence-corrected chi connectivity index (χ2v) is 9.96. The fraction of sp³-hybridized carbons (Fsp3) is 0.500. The van der Waals surface area contributed by atoms with Gasteiger partial charge in [-0.1, -0.05) is 0 Å². The third-order valence-electron chi connectivity index (χ3n) is 7.29. The second kappa shape index (κ2) is 12.6. The SMILES string of the molecule is CCOc1cc2c(cc1OC)C(c1cnc(OC)nc1OC)=N[C@@H]1CC[C@@H](OC(=O)CC(O)(CC(=O)O)C(=O)O)C[C@H]21. The molecule has 2 heterocycles. The summed E-state index contributed by atoms with van der Waals surface area (Å²) in [7, 11) is 4.47. The van der Waals surface area contributed by atoms with Crippen LogP contribution in [0.2, 0.25) is 0 Å². The van der Waals surface area contributed by atoms with Gasteiger partial charge in [-0.2, -0.15) is 4.98 Å². The molecular weight excluding hydrogens is 554 g/mol. The molecule has 0 bridgehead atoms. The van der Waals surface area contributed by atoms with Crippen LogP contribution < -0.4 is 18.9 Å². The van der Waals surface area contributed by atoms with Crippen LogP contribution in [0.15, 0.2) is 23.3 Å². The maximum atomic E-state index is 12.7. The monoisotopic (exact) mass is 587 g/mol. The first-order valence-corrected chi connectivity index (χ1v) is 13.3. The maximum Gasteiger partial charge on any atom is 0.336 e. The Kier molecular flexibility index (Phi) is 9.14. The first-order chi connectivity index (χ1) is 20.0. The minimum atomic E-state index is -2.78. The summed E-state index contributed by atoms with van der Waals surface area (Å²) in [5, 5.41) is 28.6. The molecule has 2 aliphatic rings. The molecule has 1 aromatic carbocycles. The van der Waals surface area contributed by atoms with Crippen molar-refractivity contribution >= 4 is 23.6 Å². The average Bonchev–Trinajstić information content (AvgIpc) is 2.95. The van der Waals surface area contributed by atoms with Crippen LogP contribution >= 0.6 is 0 Å². The lowest BCUT2D eigenvalue weighted by molar-refractivity contribution is -0.174. The van der Waals surface area contributed by atoms with Crippen LogP contribution in [-0.2, 0) is 19.1 Å². The Morgan fingerprint density at radius 2 is 1.76 bits per heavy atom. The van der Waals surface area contributed by atoms with Crippen molar-refractivity contribution in [2.45, 2.75) is 62.7 Å². The molecule has 1 aliphatic heterocycles. The Morgan fingerprint density at radius 1 is 1.00 bits per heavy atom. The zero-order valence-electron chi connectivity index (χ0n) is 23.7. The van der Waals surface area contributed by atoms with Crippen molar-refractivity contribution in [1.82, 2.24) is 9.97 Å². The number of carbonyl (C=O) groups is 3. The summed E-state index contributed by atoms with van der Waals surface area (Å²) in [6.07, 6.45) is 0.0820. The third kappa shape index (κ3) is 6.22. The summed E-state index contributed by atoms with van der Waals surface area (Å²) >= 11 is 0. The Hall–Kier alpha value is -4.46. The highest BCUT2D eigenvalue weighted by atomic mass is 16.5. The molecule has 2 aromatic rings. The van der Waals surface area contributed by atoms with Gasteiger partial charge in [0.25, 0.3) is 0 Å². The first-order valence-electron chi connectivity index (χ1n) is 13.3. The van der Waals surface area contributed by atoms with Gasteiger partial charge in [0, 0.05) is 17.7 Å². The molecule has 4 rings (SSSR count). The zero-order chi connectivity index (χ0) is 30.6. The number of aliphatic hydroxyl groups is 1. The number of hydrogen-bond donors (Lipinski definition) is 3. The summed E-state index contributed by atoms with van der Waals surface area (Å²) in [5.74, 6) is -3.31. The molecule has 0 amide bonds. The van der Waals surface area contributed by atoms with Gasteiger partial charge in [-0.3, -0.25) is 14.6 Å². The molecule has 1 fully saturated rings. The molecule has 0 radical (unpaired) electrons. The number of rotatable bonds is 12. The molecule has 226 valence electrons. The van der Waals surface area contributed by atoms with E-state index in [1.165, 1.54) is 21.3 Å². The van der Waals surface area contributed by atoms with E-state index >= 15 is 0 Å². The lowest BCUT2D eigenvalue weighted by Crippen LogP contribution is -2.44. The molecule has 14 heteroatoms. The number of fused-ring (bicyclic) bond motifs is 3. The van der Waals surface area contributed by atoms with Crippen molar-refractivity contribution in [2.75, 3.05) is 27.9 Å². The van der Waals surface area contributed by atoms with E-state index in [0.29, 0.717) is 48.6 Å². The summed E-state index contributed by atoms with van der Waals surface area (Å²) in [6, 6.07) is 3.60. The van der Waals surface area contributed by atoms with Crippen LogP contribution in [0.3, 0.4) is 0 Å². The molecule has 14 nitrogen and oxygen atoms in total. The third-order valence-corrected chi connectivity index (χ3v) is 7.29. The Balaban J connectivity index is 1.68. The van der Waals surface area contributed by atoms with Gasteiger partial charge < -0.3 is 39.0 Å². The highest BCUT2D eigenvalue weighted by Gasteiger charge is 2.43. The number of aliphatic carboxylic acids is 2. The number of carbonyl (C=O) groups excluding carboxylic acids is 1. The fourth-order valence-corrected chi connectivity index (χ4v) is 5.37. The van der Waals surface area contributed by atoms with E-state index < -0.39 is 42.5 Å². The van der Waals surface area contributed by atoms with Crippen LogP contribution in [0.1, 0.15) is 61.6 Å². The van der Waals surface area contributed by atoms with Gasteiger partial charge >= 0.3 is 23.9 Å². The van der Waals surface area contributed by atoms with Crippen molar-refractivity contribution in [3.05, 3.63) is 35.0 Å². The highest BCUT2D eigenvalue weighted by molar-refractivity contribution is 6.16. The van der Waals surface area contributed by atoms with Crippen molar-refractivity contribution in [2.24, 2.45) is 4.99 Å². The van der Waals surface area contributed by atoms with Gasteiger partial charge in [0.1, 0.15) is 6.10 Å². The van der Waals surface area contributed by atoms with E-state index in [1.54, 1.807) is 6.20 Å². The van der Waals surface area contributed by atoms with Crippen LogP contribution in [0.4, 0.5) is 0 Å². The van der Waals surface area contributed by atoms with Crippen molar-refractivity contribution in [3.8, 4) is 23.4 Å². The van der Waals surface area contributed by atoms with Crippen molar-refractivity contribution in [1.29, 1.82) is 0 Å². The predicted octanol–water partition coefficient (Wildman–Crippen LogP) is 1.98. The largest absolute Gasteiger partial charge is 0.493 e. The lowest BCUT2D eigenvalue weighted by atomic mass is 9.74. The van der Waals surface area contributed by atoms with E-state index in [0.717, 1.165) is 11.1 Å². The number of aliphatic imine (C=N–C) groups is 1. The second-order valence-electron chi connectivity index (χ2n) is 9.96. The number of esters is 1. The molecule has 1 unspecified atom stereocenters. The van der Waals surface area contributed by atoms with E-state index in [1.807, 2.05) is 19.1 Å². The number of hydrogen-bond acceptors (Lipinski definition) is 12. The van der Waals surface area contributed by atoms with E-state index in [2.05, 4.69) is 9.97 Å². The molecule has 1 saturated carbocycles. The van der Waals surface area contributed by atoms with Crippen molar-refractivity contribution < 1.29 is 53.4 Å². The molecule has 0 spiro atoms. The van der Waals surface area contributed by atoms with Crippen LogP contribution in [0, 0.1) is 0 Å². The Morgan fingerprint density at radius 3 is 2.38 bits per heavy atom. The molecule has 1 aliphatic carbocycles. The van der Waals surface area contributed by atoms with Crippen LogP contribution in [0.25, 0.3) is 0 Å². The fourth-order valence-electron chi connectivity index (χ4n) is 5.37. The number of ether oxygens (including phenoxy) is 5. The number of aromatic nitrogens is 2. The predicted molar refractivity (Wildman–Crippen MR) is 145 cm³/mol. The minimum absolute atomic E-state index is 0.134. The zero-order valence-corrected chi connectivity index (χ0v) is 23.7. The average molecular weight is 588 g/mol. The lowest BCUT2D eigenvalue weighted by Gasteiger charge is -2.39.